The quantitative estimate of drug-likeness (QED) is 0.201. The van der Waals surface area contributed by atoms with E-state index >= 15 is 0 Å². The van der Waals surface area contributed by atoms with Gasteiger partial charge in [-0.1, -0.05) is 93.0 Å². The molecule has 5 nitrogen and oxygen atoms in total. The molecular formula is C29H39ClN2O3SSi. The van der Waals surface area contributed by atoms with Crippen molar-refractivity contribution >= 4 is 41.7 Å². The summed E-state index contributed by atoms with van der Waals surface area (Å²) in [6.45, 7) is 14.7. The molecule has 1 aromatic heterocycles. The summed E-state index contributed by atoms with van der Waals surface area (Å²) in [5, 5.41) is 13.1. The number of aromatic nitrogens is 1. The van der Waals surface area contributed by atoms with Crippen LogP contribution < -0.4 is 15.1 Å². The normalized spacial score (nSPS) is 15.3. The maximum atomic E-state index is 13.2. The maximum absolute atomic E-state index is 13.2. The Morgan fingerprint density at radius 2 is 1.43 bits per heavy atom. The molecule has 0 spiro atoms. The van der Waals surface area contributed by atoms with Gasteiger partial charge < -0.3 is 14.1 Å². The van der Waals surface area contributed by atoms with E-state index in [9.17, 15) is 9.66 Å². The molecule has 0 saturated heterocycles. The van der Waals surface area contributed by atoms with E-state index in [-0.39, 0.29) is 15.9 Å². The van der Waals surface area contributed by atoms with Crippen LogP contribution in [0, 0.1) is 0 Å². The van der Waals surface area contributed by atoms with Crippen LogP contribution >= 0.6 is 11.6 Å². The molecule has 2 aromatic carbocycles. The molecular weight excluding hydrogens is 520 g/mol. The first-order valence-electron chi connectivity index (χ1n) is 12.5. The van der Waals surface area contributed by atoms with Crippen molar-refractivity contribution in [1.29, 1.82) is 0 Å². The molecule has 0 bridgehead atoms. The van der Waals surface area contributed by atoms with Gasteiger partial charge in [-0.15, -0.1) is 4.72 Å². The Morgan fingerprint density at radius 1 is 0.919 bits per heavy atom. The zero-order chi connectivity index (χ0) is 27.5. The molecule has 0 aliphatic rings. The fourth-order valence-corrected chi connectivity index (χ4v) is 10.3. The Balaban J connectivity index is 2.05. The van der Waals surface area contributed by atoms with E-state index in [0.717, 1.165) is 0 Å². The summed E-state index contributed by atoms with van der Waals surface area (Å²) < 4.78 is 23.1. The summed E-state index contributed by atoms with van der Waals surface area (Å²) >= 11 is 4.78. The van der Waals surface area contributed by atoms with Crippen molar-refractivity contribution in [3.8, 4) is 5.75 Å². The number of hydrogen-bond acceptors (Lipinski definition) is 5. The highest BCUT2D eigenvalue weighted by Crippen LogP contribution is 2.40. The van der Waals surface area contributed by atoms with Crippen LogP contribution in [0.5, 0.6) is 5.75 Å². The van der Waals surface area contributed by atoms with Crippen LogP contribution in [-0.4, -0.2) is 34.3 Å². The smallest absolute Gasteiger partial charge is 0.261 e. The minimum absolute atomic E-state index is 0.0139. The Kier molecular flexibility index (Phi) is 9.21. The van der Waals surface area contributed by atoms with E-state index in [1.807, 2.05) is 39.8 Å². The zero-order valence-corrected chi connectivity index (χ0v) is 25.4. The SMILES string of the molecule is CC(CCO[Si](c1ccccc1)(c1ccccc1)C(C)(C)C)(N[S+]([O-])C(C)(C)C)c1ccnc(Cl)c1O. The Morgan fingerprint density at radius 3 is 1.89 bits per heavy atom. The van der Waals surface area contributed by atoms with Gasteiger partial charge in [0.25, 0.3) is 8.32 Å². The maximum Gasteiger partial charge on any atom is 0.261 e. The number of hydrogen-bond donors (Lipinski definition) is 2. The number of nitrogens with zero attached hydrogens (tertiary/aromatic N) is 1. The standard InChI is InChI=1S/C29H39ClN2O3SSi/c1-27(2,3)36(34)32-29(7,24-18-20-31-26(30)25(24)33)19-21-35-37(28(4,5)6,22-14-10-8-11-15-22)23-16-12-9-13-17-23/h8-18,20,32-33H,19,21H2,1-7H3. The average Bonchev–Trinajstić information content (AvgIpc) is 2.83. The summed E-state index contributed by atoms with van der Waals surface area (Å²) in [5.41, 5.74) is -0.351. The molecule has 2 unspecified atom stereocenters. The van der Waals surface area contributed by atoms with E-state index in [2.05, 4.69) is 79.0 Å². The molecule has 2 atom stereocenters. The molecule has 0 saturated carbocycles. The third kappa shape index (κ3) is 6.41. The first-order valence-corrected chi connectivity index (χ1v) is 15.9. The second kappa shape index (κ2) is 11.5. The van der Waals surface area contributed by atoms with Crippen molar-refractivity contribution in [2.75, 3.05) is 6.61 Å². The fourth-order valence-electron chi connectivity index (χ4n) is 4.64. The van der Waals surface area contributed by atoms with Gasteiger partial charge in [-0.2, -0.15) is 0 Å². The minimum atomic E-state index is -2.76. The van der Waals surface area contributed by atoms with Gasteiger partial charge in [0.1, 0.15) is 4.75 Å². The molecule has 0 aliphatic heterocycles. The monoisotopic (exact) mass is 558 g/mol. The summed E-state index contributed by atoms with van der Waals surface area (Å²) in [6.07, 6.45) is 2.01. The topological polar surface area (TPSA) is 77.4 Å². The van der Waals surface area contributed by atoms with Gasteiger partial charge in [0.2, 0.25) is 0 Å². The number of rotatable bonds is 9. The predicted molar refractivity (Wildman–Crippen MR) is 157 cm³/mol. The van der Waals surface area contributed by atoms with Crippen LogP contribution in [0.1, 0.15) is 60.5 Å². The van der Waals surface area contributed by atoms with Gasteiger partial charge in [0.05, 0.1) is 5.54 Å². The largest absolute Gasteiger partial charge is 0.598 e. The predicted octanol–water partition coefficient (Wildman–Crippen LogP) is 5.67. The fraction of sp³-hybridized carbons (Fsp3) is 0.414. The number of aromatic hydroxyl groups is 1. The van der Waals surface area contributed by atoms with E-state index in [4.69, 9.17) is 16.0 Å². The highest BCUT2D eigenvalue weighted by Gasteiger charge is 2.50. The first-order chi connectivity index (χ1) is 17.2. The van der Waals surface area contributed by atoms with Gasteiger partial charge in [0, 0.05) is 29.7 Å². The second-order valence-corrected chi connectivity index (χ2v) is 18.2. The van der Waals surface area contributed by atoms with Crippen molar-refractivity contribution in [2.45, 2.75) is 70.2 Å². The van der Waals surface area contributed by atoms with E-state index < -0.39 is 30.0 Å². The highest BCUT2D eigenvalue weighted by atomic mass is 35.5. The molecule has 3 aromatic rings. The molecule has 0 fully saturated rings. The van der Waals surface area contributed by atoms with Gasteiger partial charge in [0.15, 0.2) is 10.9 Å². The van der Waals surface area contributed by atoms with Gasteiger partial charge in [-0.05, 0) is 55.6 Å². The van der Waals surface area contributed by atoms with E-state index in [1.54, 1.807) is 12.3 Å². The van der Waals surface area contributed by atoms with Crippen LogP contribution in [-0.2, 0) is 21.3 Å². The van der Waals surface area contributed by atoms with E-state index in [1.165, 1.54) is 10.4 Å². The molecule has 200 valence electrons. The molecule has 0 amide bonds. The minimum Gasteiger partial charge on any atom is -0.598 e. The Hall–Kier alpha value is -1.87. The molecule has 37 heavy (non-hydrogen) atoms. The lowest BCUT2D eigenvalue weighted by Crippen LogP contribution is -2.66. The third-order valence-electron chi connectivity index (χ3n) is 6.69. The van der Waals surface area contributed by atoms with Crippen molar-refractivity contribution in [3.63, 3.8) is 0 Å². The lowest BCUT2D eigenvalue weighted by molar-refractivity contribution is 0.240. The Labute approximate surface area is 231 Å². The molecule has 8 heteroatoms. The lowest BCUT2D eigenvalue weighted by atomic mass is 9.90. The van der Waals surface area contributed by atoms with Crippen LogP contribution in [0.4, 0.5) is 0 Å². The van der Waals surface area contributed by atoms with Crippen molar-refractivity contribution < 1.29 is 14.1 Å². The number of benzene rings is 2. The van der Waals surface area contributed by atoms with Crippen LogP contribution in [0.2, 0.25) is 10.2 Å². The van der Waals surface area contributed by atoms with Gasteiger partial charge in [-0.3, -0.25) is 0 Å². The zero-order valence-electron chi connectivity index (χ0n) is 22.8. The van der Waals surface area contributed by atoms with Crippen LogP contribution in [0.15, 0.2) is 72.9 Å². The van der Waals surface area contributed by atoms with E-state index in [0.29, 0.717) is 18.6 Å². The average molecular weight is 559 g/mol. The van der Waals surface area contributed by atoms with Crippen molar-refractivity contribution in [3.05, 3.63) is 83.6 Å². The summed E-state index contributed by atoms with van der Waals surface area (Å²) in [5.74, 6) is -0.115. The number of halogens is 1. The summed E-state index contributed by atoms with van der Waals surface area (Å²) in [6, 6.07) is 22.6. The van der Waals surface area contributed by atoms with Crippen LogP contribution in [0.25, 0.3) is 0 Å². The summed E-state index contributed by atoms with van der Waals surface area (Å²) in [7, 11) is -2.76. The lowest BCUT2D eigenvalue weighted by Gasteiger charge is -2.44. The van der Waals surface area contributed by atoms with Crippen LogP contribution in [0.3, 0.4) is 0 Å². The number of pyridine rings is 1. The van der Waals surface area contributed by atoms with Gasteiger partial charge in [-0.25, -0.2) is 4.98 Å². The third-order valence-corrected chi connectivity index (χ3v) is 13.8. The molecule has 2 N–H and O–H groups in total. The summed E-state index contributed by atoms with van der Waals surface area (Å²) in [4.78, 5) is 4.00. The Bertz CT molecular complexity index is 1130. The molecule has 0 aliphatic carbocycles. The molecule has 0 radical (unpaired) electrons. The molecule has 1 heterocycles. The van der Waals surface area contributed by atoms with Crippen molar-refractivity contribution in [2.24, 2.45) is 0 Å². The molecule has 3 rings (SSSR count). The number of nitrogens with one attached hydrogen (secondary N) is 1. The van der Waals surface area contributed by atoms with Gasteiger partial charge >= 0.3 is 0 Å². The van der Waals surface area contributed by atoms with Crippen molar-refractivity contribution in [1.82, 2.24) is 9.71 Å². The second-order valence-electron chi connectivity index (χ2n) is 11.6. The first kappa shape index (κ1) is 29.7. The highest BCUT2D eigenvalue weighted by molar-refractivity contribution is 7.90.